The Hall–Kier alpha value is -3.43. The van der Waals surface area contributed by atoms with Crippen LogP contribution in [0.25, 0.3) is 0 Å². The number of carbonyl (C=O) groups excluding carboxylic acids is 5. The molecule has 1 aromatic carbocycles. The van der Waals surface area contributed by atoms with E-state index in [1.165, 1.54) is 0 Å². The van der Waals surface area contributed by atoms with E-state index in [9.17, 15) is 24.0 Å². The van der Waals surface area contributed by atoms with E-state index in [1.807, 2.05) is 19.9 Å². The highest BCUT2D eigenvalue weighted by Gasteiger charge is 2.42. The summed E-state index contributed by atoms with van der Waals surface area (Å²) in [5.41, 5.74) is 6.15. The van der Waals surface area contributed by atoms with Gasteiger partial charge < -0.3 is 21.1 Å². The molecule has 1 saturated heterocycles. The van der Waals surface area contributed by atoms with Crippen molar-refractivity contribution in [2.45, 2.75) is 71.7 Å². The van der Waals surface area contributed by atoms with E-state index in [-0.39, 0.29) is 31.3 Å². The van der Waals surface area contributed by atoms with Crippen LogP contribution in [0.2, 0.25) is 0 Å². The van der Waals surface area contributed by atoms with E-state index < -0.39 is 47.8 Å². The number of ether oxygens (including phenoxy) is 1. The highest BCUT2D eigenvalue weighted by molar-refractivity contribution is 6.01. The number of imide groups is 1. The Balaban J connectivity index is 2.06. The van der Waals surface area contributed by atoms with Gasteiger partial charge in [-0.3, -0.25) is 19.2 Å². The Labute approximate surface area is 199 Å². The molecular weight excluding hydrogens is 440 g/mol. The van der Waals surface area contributed by atoms with Crippen LogP contribution >= 0.6 is 0 Å². The summed E-state index contributed by atoms with van der Waals surface area (Å²) in [6, 6.07) is 6.01. The summed E-state index contributed by atoms with van der Waals surface area (Å²) in [4.78, 5) is 63.3. The molecule has 0 aromatic heterocycles. The SMILES string of the molecule is CC(C)C[C@H](NC(=O)[C@@H](NC(=O)[C@H]1CCC(=O)N1C(=O)OCc1ccccc1)C(C)C)C(N)=O. The van der Waals surface area contributed by atoms with Crippen molar-refractivity contribution in [2.24, 2.45) is 17.6 Å². The minimum absolute atomic E-state index is 0.00913. The summed E-state index contributed by atoms with van der Waals surface area (Å²) in [5.74, 6) is -2.60. The lowest BCUT2D eigenvalue weighted by atomic mass is 9.99. The maximum absolute atomic E-state index is 13.0. The minimum Gasteiger partial charge on any atom is -0.444 e. The first-order chi connectivity index (χ1) is 16.0. The Morgan fingerprint density at radius 1 is 1.09 bits per heavy atom. The van der Waals surface area contributed by atoms with Crippen LogP contribution in [-0.4, -0.2) is 52.7 Å². The number of likely N-dealkylation sites (tertiary alicyclic amines) is 1. The van der Waals surface area contributed by atoms with Gasteiger partial charge in [-0.05, 0) is 30.2 Å². The van der Waals surface area contributed by atoms with Gasteiger partial charge in [0.1, 0.15) is 24.7 Å². The van der Waals surface area contributed by atoms with Crippen LogP contribution in [0.4, 0.5) is 4.79 Å². The van der Waals surface area contributed by atoms with Gasteiger partial charge in [-0.15, -0.1) is 0 Å². The van der Waals surface area contributed by atoms with Gasteiger partial charge in [-0.2, -0.15) is 0 Å². The minimum atomic E-state index is -1.09. The molecule has 3 atom stereocenters. The normalized spacial score (nSPS) is 17.4. The highest BCUT2D eigenvalue weighted by atomic mass is 16.6. The van der Waals surface area contributed by atoms with Crippen LogP contribution in [-0.2, 0) is 30.5 Å². The predicted molar refractivity (Wildman–Crippen MR) is 124 cm³/mol. The molecule has 4 N–H and O–H groups in total. The van der Waals surface area contributed by atoms with E-state index in [0.29, 0.717) is 6.42 Å². The van der Waals surface area contributed by atoms with E-state index in [1.54, 1.807) is 38.1 Å². The molecule has 1 heterocycles. The number of amides is 5. The molecular formula is C24H34N4O6. The monoisotopic (exact) mass is 474 g/mol. The Morgan fingerprint density at radius 2 is 1.74 bits per heavy atom. The summed E-state index contributed by atoms with van der Waals surface area (Å²) < 4.78 is 5.23. The molecule has 1 aliphatic rings. The third-order valence-electron chi connectivity index (χ3n) is 5.53. The smallest absolute Gasteiger partial charge is 0.417 e. The number of hydrogen-bond acceptors (Lipinski definition) is 6. The molecule has 0 saturated carbocycles. The van der Waals surface area contributed by atoms with Crippen molar-refractivity contribution in [1.29, 1.82) is 0 Å². The fourth-order valence-corrected chi connectivity index (χ4v) is 3.71. The molecule has 1 aromatic rings. The van der Waals surface area contributed by atoms with Crippen LogP contribution < -0.4 is 16.4 Å². The van der Waals surface area contributed by atoms with Crippen LogP contribution in [0, 0.1) is 11.8 Å². The highest BCUT2D eigenvalue weighted by Crippen LogP contribution is 2.21. The van der Waals surface area contributed by atoms with Gasteiger partial charge in [0, 0.05) is 6.42 Å². The summed E-state index contributed by atoms with van der Waals surface area (Å²) in [5, 5.41) is 5.24. The summed E-state index contributed by atoms with van der Waals surface area (Å²) in [6.45, 7) is 7.22. The van der Waals surface area contributed by atoms with Crippen molar-refractivity contribution in [3.63, 3.8) is 0 Å². The number of rotatable bonds is 10. The summed E-state index contributed by atoms with van der Waals surface area (Å²) >= 11 is 0. The Kier molecular flexibility index (Phi) is 9.58. The fraction of sp³-hybridized carbons (Fsp3) is 0.542. The second-order valence-corrected chi connectivity index (χ2v) is 9.18. The fourth-order valence-electron chi connectivity index (χ4n) is 3.71. The van der Waals surface area contributed by atoms with Crippen molar-refractivity contribution in [1.82, 2.24) is 15.5 Å². The number of benzene rings is 1. The lowest BCUT2D eigenvalue weighted by molar-refractivity contribution is -0.136. The molecule has 186 valence electrons. The topological polar surface area (TPSA) is 148 Å². The van der Waals surface area contributed by atoms with Gasteiger partial charge in [0.05, 0.1) is 0 Å². The number of nitrogens with one attached hydrogen (secondary N) is 2. The van der Waals surface area contributed by atoms with E-state index in [0.717, 1.165) is 10.5 Å². The third-order valence-corrected chi connectivity index (χ3v) is 5.53. The zero-order valence-electron chi connectivity index (χ0n) is 20.1. The Morgan fingerprint density at radius 3 is 2.29 bits per heavy atom. The average molecular weight is 475 g/mol. The van der Waals surface area contributed by atoms with Crippen molar-refractivity contribution in [3.05, 3.63) is 35.9 Å². The number of primary amides is 1. The standard InChI is InChI=1S/C24H34N4O6/c1-14(2)12-17(21(25)30)26-23(32)20(15(3)4)27-22(31)18-10-11-19(29)28(18)24(33)34-13-16-8-6-5-7-9-16/h5-9,14-15,17-18,20H,10-13H2,1-4H3,(H2,25,30)(H,26,32)(H,27,31)/t17-,18+,20-/m0/s1. The summed E-state index contributed by atoms with van der Waals surface area (Å²) in [7, 11) is 0. The first-order valence-electron chi connectivity index (χ1n) is 11.4. The molecule has 1 aliphatic heterocycles. The van der Waals surface area contributed by atoms with Gasteiger partial charge in [0.15, 0.2) is 0 Å². The third kappa shape index (κ3) is 7.29. The second-order valence-electron chi connectivity index (χ2n) is 9.18. The molecule has 2 rings (SSSR count). The molecule has 10 heteroatoms. The lowest BCUT2D eigenvalue weighted by Crippen LogP contribution is -2.58. The van der Waals surface area contributed by atoms with Crippen molar-refractivity contribution < 1.29 is 28.7 Å². The number of hydrogen-bond donors (Lipinski definition) is 3. The van der Waals surface area contributed by atoms with E-state index >= 15 is 0 Å². The maximum atomic E-state index is 13.0. The predicted octanol–water partition coefficient (Wildman–Crippen LogP) is 1.47. The van der Waals surface area contributed by atoms with Gasteiger partial charge >= 0.3 is 6.09 Å². The van der Waals surface area contributed by atoms with Gasteiger partial charge in [-0.25, -0.2) is 9.69 Å². The Bertz CT molecular complexity index is 902. The number of carbonyl (C=O) groups is 5. The molecule has 0 radical (unpaired) electrons. The number of nitrogens with two attached hydrogens (primary N) is 1. The van der Waals surface area contributed by atoms with E-state index in [4.69, 9.17) is 10.5 Å². The van der Waals surface area contributed by atoms with Gasteiger partial charge in [0.25, 0.3) is 0 Å². The summed E-state index contributed by atoms with van der Waals surface area (Å²) in [6.07, 6.45) is -0.426. The molecule has 0 aliphatic carbocycles. The molecule has 10 nitrogen and oxygen atoms in total. The van der Waals surface area contributed by atoms with E-state index in [2.05, 4.69) is 10.6 Å². The maximum Gasteiger partial charge on any atom is 0.417 e. The van der Waals surface area contributed by atoms with Gasteiger partial charge in [-0.1, -0.05) is 58.0 Å². The molecule has 1 fully saturated rings. The molecule has 34 heavy (non-hydrogen) atoms. The van der Waals surface area contributed by atoms with Crippen LogP contribution in [0.5, 0.6) is 0 Å². The zero-order chi connectivity index (χ0) is 25.4. The molecule has 0 unspecified atom stereocenters. The molecule has 5 amide bonds. The molecule has 0 spiro atoms. The van der Waals surface area contributed by atoms with Crippen LogP contribution in [0.1, 0.15) is 52.5 Å². The zero-order valence-corrected chi connectivity index (χ0v) is 20.1. The lowest BCUT2D eigenvalue weighted by Gasteiger charge is -2.28. The first kappa shape index (κ1) is 26.8. The first-order valence-corrected chi connectivity index (χ1v) is 11.4. The van der Waals surface area contributed by atoms with Crippen molar-refractivity contribution in [3.8, 4) is 0 Å². The van der Waals surface area contributed by atoms with Crippen molar-refractivity contribution >= 4 is 29.7 Å². The second kappa shape index (κ2) is 12.2. The quantitative estimate of drug-likeness (QED) is 0.468. The number of nitrogens with zero attached hydrogens (tertiary/aromatic N) is 1. The van der Waals surface area contributed by atoms with Crippen LogP contribution in [0.3, 0.4) is 0 Å². The molecule has 0 bridgehead atoms. The van der Waals surface area contributed by atoms with Gasteiger partial charge in [0.2, 0.25) is 23.6 Å². The average Bonchev–Trinajstić information content (AvgIpc) is 3.16. The van der Waals surface area contributed by atoms with Crippen molar-refractivity contribution in [2.75, 3.05) is 0 Å². The van der Waals surface area contributed by atoms with Crippen LogP contribution in [0.15, 0.2) is 30.3 Å². The largest absolute Gasteiger partial charge is 0.444 e.